The number of carbonyl (C=O) groups excluding carboxylic acids is 2. The largest absolute Gasteiger partial charge is 0.448 e. The average molecular weight is 345 g/mol. The van der Waals surface area contributed by atoms with Crippen molar-refractivity contribution in [2.24, 2.45) is 5.92 Å². The summed E-state index contributed by atoms with van der Waals surface area (Å²) in [5.41, 5.74) is 1.16. The normalized spacial score (nSPS) is 12.0. The Bertz CT molecular complexity index is 638. The zero-order chi connectivity index (χ0) is 17.4. The van der Waals surface area contributed by atoms with Gasteiger partial charge < -0.3 is 10.1 Å². The summed E-state index contributed by atoms with van der Waals surface area (Å²) in [6.45, 7) is 4.53. The second-order valence-electron chi connectivity index (χ2n) is 6.03. The first-order valence-electron chi connectivity index (χ1n) is 8.12. The van der Waals surface area contributed by atoms with Gasteiger partial charge in [-0.1, -0.05) is 50.2 Å². The third-order valence-electron chi connectivity index (χ3n) is 3.51. The Kier molecular flexibility index (Phi) is 7.00. The van der Waals surface area contributed by atoms with Crippen LogP contribution < -0.4 is 5.32 Å². The van der Waals surface area contributed by atoms with Crippen molar-refractivity contribution in [1.82, 2.24) is 5.32 Å². The van der Waals surface area contributed by atoms with E-state index in [1.54, 1.807) is 12.1 Å². The van der Waals surface area contributed by atoms with Gasteiger partial charge in [0.25, 0.3) is 5.91 Å². The van der Waals surface area contributed by atoms with Gasteiger partial charge in [-0.2, -0.15) is 0 Å². The third-order valence-corrected chi connectivity index (χ3v) is 4.36. The molecule has 1 heterocycles. The minimum absolute atomic E-state index is 0.232. The number of thiophene rings is 1. The summed E-state index contributed by atoms with van der Waals surface area (Å²) in [6, 6.07) is 13.4. The second kappa shape index (κ2) is 9.23. The van der Waals surface area contributed by atoms with Crippen LogP contribution in [0.15, 0.2) is 47.8 Å². The van der Waals surface area contributed by atoms with E-state index in [2.05, 4.69) is 5.32 Å². The highest BCUT2D eigenvalue weighted by atomic mass is 32.1. The van der Waals surface area contributed by atoms with E-state index < -0.39 is 12.1 Å². The van der Waals surface area contributed by atoms with Gasteiger partial charge in [0.05, 0.1) is 0 Å². The number of hydrogen-bond donors (Lipinski definition) is 1. The van der Waals surface area contributed by atoms with Crippen LogP contribution in [0.2, 0.25) is 0 Å². The molecule has 2 rings (SSSR count). The maximum Gasteiger partial charge on any atom is 0.349 e. The van der Waals surface area contributed by atoms with Crippen molar-refractivity contribution in [2.45, 2.75) is 32.8 Å². The average Bonchev–Trinajstić information content (AvgIpc) is 3.09. The van der Waals surface area contributed by atoms with Crippen LogP contribution in [0.3, 0.4) is 0 Å². The van der Waals surface area contributed by atoms with Crippen LogP contribution >= 0.6 is 11.3 Å². The molecule has 0 unspecified atom stereocenters. The molecule has 1 aromatic heterocycles. The van der Waals surface area contributed by atoms with E-state index in [0.29, 0.717) is 17.8 Å². The van der Waals surface area contributed by atoms with Gasteiger partial charge in [-0.05, 0) is 35.8 Å². The van der Waals surface area contributed by atoms with Crippen molar-refractivity contribution in [2.75, 3.05) is 6.54 Å². The molecule has 128 valence electrons. The molecule has 0 aliphatic carbocycles. The lowest BCUT2D eigenvalue weighted by Crippen LogP contribution is -2.39. The summed E-state index contributed by atoms with van der Waals surface area (Å²) in [5.74, 6) is -0.413. The van der Waals surface area contributed by atoms with Gasteiger partial charge >= 0.3 is 5.97 Å². The van der Waals surface area contributed by atoms with Crippen LogP contribution in [0.25, 0.3) is 0 Å². The summed E-state index contributed by atoms with van der Waals surface area (Å²) in [5, 5.41) is 4.69. The number of hydrogen-bond acceptors (Lipinski definition) is 4. The van der Waals surface area contributed by atoms with E-state index in [1.807, 2.05) is 49.6 Å². The first kappa shape index (κ1) is 18.2. The van der Waals surface area contributed by atoms with Crippen LogP contribution in [0.5, 0.6) is 0 Å². The molecule has 0 radical (unpaired) electrons. The quantitative estimate of drug-likeness (QED) is 0.743. The van der Waals surface area contributed by atoms with Crippen LogP contribution in [-0.2, 0) is 16.0 Å². The number of esters is 1. The number of carbonyl (C=O) groups is 2. The van der Waals surface area contributed by atoms with Gasteiger partial charge in [0, 0.05) is 6.54 Å². The highest BCUT2D eigenvalue weighted by Crippen LogP contribution is 2.15. The van der Waals surface area contributed by atoms with Crippen molar-refractivity contribution in [1.29, 1.82) is 0 Å². The van der Waals surface area contributed by atoms with Crippen LogP contribution in [-0.4, -0.2) is 24.5 Å². The molecule has 0 saturated carbocycles. The molecule has 0 spiro atoms. The lowest BCUT2D eigenvalue weighted by Gasteiger charge is -2.19. The molecular weight excluding hydrogens is 322 g/mol. The molecule has 24 heavy (non-hydrogen) atoms. The molecule has 0 bridgehead atoms. The lowest BCUT2D eigenvalue weighted by atomic mass is 10.1. The van der Waals surface area contributed by atoms with Gasteiger partial charge in [0.1, 0.15) is 4.88 Å². The summed E-state index contributed by atoms with van der Waals surface area (Å²) in [7, 11) is 0. The van der Waals surface area contributed by atoms with Crippen molar-refractivity contribution in [3.05, 3.63) is 58.3 Å². The fourth-order valence-corrected chi connectivity index (χ4v) is 2.91. The number of benzene rings is 1. The first-order valence-corrected chi connectivity index (χ1v) is 9.00. The Morgan fingerprint density at radius 2 is 1.88 bits per heavy atom. The van der Waals surface area contributed by atoms with Gasteiger partial charge in [-0.25, -0.2) is 4.79 Å². The molecule has 2 aromatic rings. The van der Waals surface area contributed by atoms with Gasteiger partial charge in [0.2, 0.25) is 0 Å². The van der Waals surface area contributed by atoms with Gasteiger partial charge in [-0.15, -0.1) is 11.3 Å². The minimum Gasteiger partial charge on any atom is -0.448 e. The van der Waals surface area contributed by atoms with Crippen molar-refractivity contribution in [3.63, 3.8) is 0 Å². The number of amides is 1. The fourth-order valence-electron chi connectivity index (χ4n) is 2.31. The third kappa shape index (κ3) is 5.81. The minimum atomic E-state index is -0.754. The van der Waals surface area contributed by atoms with E-state index in [9.17, 15) is 9.59 Å². The van der Waals surface area contributed by atoms with E-state index in [4.69, 9.17) is 4.74 Å². The molecule has 5 heteroatoms. The topological polar surface area (TPSA) is 55.4 Å². The monoisotopic (exact) mass is 345 g/mol. The Morgan fingerprint density at radius 1 is 1.12 bits per heavy atom. The smallest absolute Gasteiger partial charge is 0.349 e. The molecule has 0 aliphatic rings. The molecular formula is C19H23NO3S. The predicted molar refractivity (Wildman–Crippen MR) is 96.1 cm³/mol. The fraction of sp³-hybridized carbons (Fsp3) is 0.368. The highest BCUT2D eigenvalue weighted by molar-refractivity contribution is 7.11. The molecule has 0 aliphatic heterocycles. The molecule has 0 fully saturated rings. The number of ether oxygens (including phenoxy) is 1. The molecule has 1 aromatic carbocycles. The molecule has 1 N–H and O–H groups in total. The molecule has 1 atom stereocenters. The van der Waals surface area contributed by atoms with Crippen LogP contribution in [0, 0.1) is 5.92 Å². The maximum atomic E-state index is 12.4. The SMILES string of the molecule is CC(C)C[C@H](OC(=O)c1cccs1)C(=O)NCCc1ccccc1. The summed E-state index contributed by atoms with van der Waals surface area (Å²) in [6.07, 6.45) is 0.504. The van der Waals surface area contributed by atoms with Gasteiger partial charge in [0.15, 0.2) is 6.10 Å². The Morgan fingerprint density at radius 3 is 2.50 bits per heavy atom. The standard InChI is InChI=1S/C19H23NO3S/c1-14(2)13-16(23-19(22)17-9-6-12-24-17)18(21)20-11-10-15-7-4-3-5-8-15/h3-9,12,14,16H,10-11,13H2,1-2H3,(H,20,21)/t16-/m0/s1. The second-order valence-corrected chi connectivity index (χ2v) is 6.98. The number of rotatable bonds is 8. The lowest BCUT2D eigenvalue weighted by molar-refractivity contribution is -0.130. The molecule has 4 nitrogen and oxygen atoms in total. The van der Waals surface area contributed by atoms with Crippen molar-refractivity contribution < 1.29 is 14.3 Å². The Balaban J connectivity index is 1.88. The zero-order valence-electron chi connectivity index (χ0n) is 14.0. The highest BCUT2D eigenvalue weighted by Gasteiger charge is 2.24. The van der Waals surface area contributed by atoms with Crippen LogP contribution in [0.4, 0.5) is 0 Å². The van der Waals surface area contributed by atoms with E-state index in [-0.39, 0.29) is 11.8 Å². The van der Waals surface area contributed by atoms with Crippen molar-refractivity contribution >= 4 is 23.2 Å². The zero-order valence-corrected chi connectivity index (χ0v) is 14.8. The Labute approximate surface area is 146 Å². The van der Waals surface area contributed by atoms with Crippen LogP contribution in [0.1, 0.15) is 35.5 Å². The Hall–Kier alpha value is -2.14. The summed E-state index contributed by atoms with van der Waals surface area (Å²) in [4.78, 5) is 25.0. The van der Waals surface area contributed by atoms with E-state index in [0.717, 1.165) is 12.0 Å². The first-order chi connectivity index (χ1) is 11.6. The predicted octanol–water partition coefficient (Wildman–Crippen LogP) is 3.68. The maximum absolute atomic E-state index is 12.4. The summed E-state index contributed by atoms with van der Waals surface area (Å²) < 4.78 is 5.43. The molecule has 1 amide bonds. The van der Waals surface area contributed by atoms with E-state index >= 15 is 0 Å². The summed E-state index contributed by atoms with van der Waals surface area (Å²) >= 11 is 1.31. The van der Waals surface area contributed by atoms with Gasteiger partial charge in [-0.3, -0.25) is 4.79 Å². The van der Waals surface area contributed by atoms with Crippen molar-refractivity contribution in [3.8, 4) is 0 Å². The number of nitrogens with one attached hydrogen (secondary N) is 1. The molecule has 0 saturated heterocycles. The van der Waals surface area contributed by atoms with E-state index in [1.165, 1.54) is 11.3 Å².